The van der Waals surface area contributed by atoms with Gasteiger partial charge in [-0.1, -0.05) is 30.3 Å². The highest BCUT2D eigenvalue weighted by atomic mass is 32.2. The quantitative estimate of drug-likeness (QED) is 0.581. The molecule has 0 aromatic heterocycles. The summed E-state index contributed by atoms with van der Waals surface area (Å²) in [4.78, 5) is 11.9. The van der Waals surface area contributed by atoms with E-state index >= 15 is 0 Å². The summed E-state index contributed by atoms with van der Waals surface area (Å²) in [7, 11) is 0. The lowest BCUT2D eigenvalue weighted by Crippen LogP contribution is -2.41. The number of nitrogens with one attached hydrogen (secondary N) is 1. The summed E-state index contributed by atoms with van der Waals surface area (Å²) in [6.45, 7) is 1.90. The van der Waals surface area contributed by atoms with Gasteiger partial charge >= 0.3 is 0 Å². The number of ether oxygens (including phenoxy) is 3. The molecule has 1 fully saturated rings. The Morgan fingerprint density at radius 1 is 1.33 bits per heavy atom. The van der Waals surface area contributed by atoms with E-state index in [4.69, 9.17) is 14.2 Å². The van der Waals surface area contributed by atoms with Crippen LogP contribution in [0.25, 0.3) is 0 Å². The monoisotopic (exact) mass is 355 g/mol. The maximum Gasteiger partial charge on any atom is 0.230 e. The minimum absolute atomic E-state index is 0.101. The summed E-state index contributed by atoms with van der Waals surface area (Å²) < 4.78 is 16.2. The number of hydrogen-bond acceptors (Lipinski definition) is 6. The van der Waals surface area contributed by atoms with Gasteiger partial charge in [-0.2, -0.15) is 11.8 Å². The summed E-state index contributed by atoms with van der Waals surface area (Å²) in [5, 5.41) is 12.1. The molecule has 1 aliphatic rings. The van der Waals surface area contributed by atoms with E-state index in [0.29, 0.717) is 25.6 Å². The summed E-state index contributed by atoms with van der Waals surface area (Å²) >= 11 is 1.53. The summed E-state index contributed by atoms with van der Waals surface area (Å²) in [5.74, 6) is 1.05. The van der Waals surface area contributed by atoms with Crippen molar-refractivity contribution in [2.24, 2.45) is 0 Å². The molecule has 1 atom stereocenters. The number of hydrogen-bond donors (Lipinski definition) is 2. The van der Waals surface area contributed by atoms with Crippen LogP contribution in [0.2, 0.25) is 0 Å². The third kappa shape index (κ3) is 7.63. The highest BCUT2D eigenvalue weighted by Crippen LogP contribution is 2.12. The van der Waals surface area contributed by atoms with E-state index in [2.05, 4.69) is 5.32 Å². The van der Waals surface area contributed by atoms with Crippen molar-refractivity contribution in [3.63, 3.8) is 0 Å². The maximum absolute atomic E-state index is 11.9. The van der Waals surface area contributed by atoms with Crippen LogP contribution in [0.5, 0.6) is 0 Å². The van der Waals surface area contributed by atoms with Crippen molar-refractivity contribution < 1.29 is 24.1 Å². The van der Waals surface area contributed by atoms with Crippen molar-refractivity contribution in [1.82, 2.24) is 5.32 Å². The molecule has 0 radical (unpaired) electrons. The smallest absolute Gasteiger partial charge is 0.230 e. The fourth-order valence-electron chi connectivity index (χ4n) is 2.22. The Morgan fingerprint density at radius 2 is 2.08 bits per heavy atom. The largest absolute Gasteiger partial charge is 0.394 e. The van der Waals surface area contributed by atoms with E-state index < -0.39 is 0 Å². The summed E-state index contributed by atoms with van der Waals surface area (Å²) in [6, 6.07) is 9.40. The number of aliphatic hydroxyl groups excluding tert-OH is 1. The van der Waals surface area contributed by atoms with Crippen LogP contribution in [0.1, 0.15) is 12.0 Å². The molecule has 0 unspecified atom stereocenters. The Labute approximate surface area is 146 Å². The first-order chi connectivity index (χ1) is 11.8. The first kappa shape index (κ1) is 19.2. The van der Waals surface area contributed by atoms with Crippen LogP contribution in [0.3, 0.4) is 0 Å². The van der Waals surface area contributed by atoms with Gasteiger partial charge in [-0.15, -0.1) is 0 Å². The molecular weight excluding hydrogens is 330 g/mol. The minimum atomic E-state index is -0.386. The van der Waals surface area contributed by atoms with Gasteiger partial charge < -0.3 is 24.6 Å². The molecule has 134 valence electrons. The van der Waals surface area contributed by atoms with E-state index in [1.165, 1.54) is 11.8 Å². The second-order valence-electron chi connectivity index (χ2n) is 5.46. The van der Waals surface area contributed by atoms with Gasteiger partial charge in [0, 0.05) is 6.42 Å². The van der Waals surface area contributed by atoms with Gasteiger partial charge in [0.05, 0.1) is 44.8 Å². The topological polar surface area (TPSA) is 77.0 Å². The van der Waals surface area contributed by atoms with E-state index in [9.17, 15) is 9.90 Å². The number of rotatable bonds is 11. The van der Waals surface area contributed by atoms with Crippen molar-refractivity contribution in [3.05, 3.63) is 35.9 Å². The van der Waals surface area contributed by atoms with Crippen molar-refractivity contribution >= 4 is 17.7 Å². The molecule has 1 heterocycles. The van der Waals surface area contributed by atoms with E-state index in [-0.39, 0.29) is 31.5 Å². The van der Waals surface area contributed by atoms with Gasteiger partial charge in [0.15, 0.2) is 6.29 Å². The Balaban J connectivity index is 1.54. The van der Waals surface area contributed by atoms with Crippen LogP contribution in [0.15, 0.2) is 30.3 Å². The number of benzene rings is 1. The third-order valence-corrected chi connectivity index (χ3v) is 4.43. The average Bonchev–Trinajstić information content (AvgIpc) is 3.12. The van der Waals surface area contributed by atoms with Crippen molar-refractivity contribution in [2.75, 3.05) is 37.9 Å². The van der Waals surface area contributed by atoms with E-state index in [1.54, 1.807) is 0 Å². The number of carbonyl (C=O) groups excluding carboxylic acids is 1. The highest BCUT2D eigenvalue weighted by Gasteiger charge is 2.16. The van der Waals surface area contributed by atoms with Crippen molar-refractivity contribution in [2.45, 2.75) is 25.4 Å². The van der Waals surface area contributed by atoms with Gasteiger partial charge in [-0.05, 0) is 11.3 Å². The van der Waals surface area contributed by atoms with Gasteiger partial charge in [-0.3, -0.25) is 4.79 Å². The van der Waals surface area contributed by atoms with E-state index in [1.807, 2.05) is 30.3 Å². The van der Waals surface area contributed by atoms with Crippen LogP contribution < -0.4 is 5.32 Å². The van der Waals surface area contributed by atoms with Gasteiger partial charge in [-0.25, -0.2) is 0 Å². The Bertz CT molecular complexity index is 467. The molecule has 0 spiro atoms. The third-order valence-electron chi connectivity index (χ3n) is 3.44. The van der Waals surface area contributed by atoms with Gasteiger partial charge in [0.1, 0.15) is 0 Å². The number of carbonyl (C=O) groups is 1. The predicted molar refractivity (Wildman–Crippen MR) is 92.7 cm³/mol. The SMILES string of the molecule is O=C(CSCCC1OCCO1)N[C@H](CO)COCc1ccccc1. The molecule has 1 saturated heterocycles. The minimum Gasteiger partial charge on any atom is -0.394 e. The maximum atomic E-state index is 11.9. The van der Waals surface area contributed by atoms with Crippen molar-refractivity contribution in [1.29, 1.82) is 0 Å². The average molecular weight is 355 g/mol. The molecular formula is C17H25NO5S. The lowest BCUT2D eigenvalue weighted by molar-refractivity contribution is -0.120. The predicted octanol–water partition coefficient (Wildman–Crippen LogP) is 1.18. The van der Waals surface area contributed by atoms with Crippen LogP contribution in [0, 0.1) is 0 Å². The second kappa shape index (κ2) is 11.4. The molecule has 2 N–H and O–H groups in total. The summed E-state index contributed by atoms with van der Waals surface area (Å²) in [6.07, 6.45) is 0.652. The molecule has 0 aliphatic carbocycles. The summed E-state index contributed by atoms with van der Waals surface area (Å²) in [5.41, 5.74) is 1.06. The fourth-order valence-corrected chi connectivity index (χ4v) is 2.99. The standard InChI is InChI=1S/C17H25NO5S/c19-10-15(12-21-11-14-4-2-1-3-5-14)18-16(20)13-24-9-6-17-22-7-8-23-17/h1-5,15,17,19H,6-13H2,(H,18,20)/t15-/m1/s1. The number of amides is 1. The molecule has 1 amide bonds. The molecule has 0 saturated carbocycles. The van der Waals surface area contributed by atoms with Crippen LogP contribution in [-0.4, -0.2) is 61.3 Å². The molecule has 1 aromatic carbocycles. The lowest BCUT2D eigenvalue weighted by atomic mass is 10.2. The van der Waals surface area contributed by atoms with Crippen LogP contribution in [0.4, 0.5) is 0 Å². The fraction of sp³-hybridized carbons (Fsp3) is 0.588. The first-order valence-electron chi connectivity index (χ1n) is 8.11. The Morgan fingerprint density at radius 3 is 2.79 bits per heavy atom. The molecule has 7 heteroatoms. The second-order valence-corrected chi connectivity index (χ2v) is 6.57. The Hall–Kier alpha value is -1.12. The van der Waals surface area contributed by atoms with Gasteiger partial charge in [0.25, 0.3) is 0 Å². The molecule has 2 rings (SSSR count). The van der Waals surface area contributed by atoms with Crippen LogP contribution in [-0.2, 0) is 25.6 Å². The Kier molecular flexibility index (Phi) is 9.15. The van der Waals surface area contributed by atoms with Crippen LogP contribution >= 0.6 is 11.8 Å². The molecule has 24 heavy (non-hydrogen) atoms. The number of thioether (sulfide) groups is 1. The normalized spacial score (nSPS) is 16.2. The highest BCUT2D eigenvalue weighted by molar-refractivity contribution is 7.99. The molecule has 6 nitrogen and oxygen atoms in total. The zero-order valence-electron chi connectivity index (χ0n) is 13.7. The molecule has 0 bridgehead atoms. The van der Waals surface area contributed by atoms with E-state index in [0.717, 1.165) is 17.7 Å². The lowest BCUT2D eigenvalue weighted by Gasteiger charge is -2.16. The number of aliphatic hydroxyl groups is 1. The first-order valence-corrected chi connectivity index (χ1v) is 9.26. The molecule has 1 aromatic rings. The van der Waals surface area contributed by atoms with Crippen molar-refractivity contribution in [3.8, 4) is 0 Å². The zero-order chi connectivity index (χ0) is 17.0. The zero-order valence-corrected chi connectivity index (χ0v) is 14.5. The molecule has 1 aliphatic heterocycles. The van der Waals surface area contributed by atoms with Gasteiger partial charge in [0.2, 0.25) is 5.91 Å².